The minimum absolute atomic E-state index is 0.712. The highest BCUT2D eigenvalue weighted by Crippen LogP contribution is 2.10. The lowest BCUT2D eigenvalue weighted by molar-refractivity contribution is 0.153. The zero-order chi connectivity index (χ0) is 11.1. The zero-order valence-corrected chi connectivity index (χ0v) is 10.7. The van der Waals surface area contributed by atoms with Gasteiger partial charge in [0.2, 0.25) is 5.95 Å². The van der Waals surface area contributed by atoms with Crippen LogP contribution in [0.25, 0.3) is 0 Å². The Labute approximate surface area is 98.8 Å². The molecule has 0 saturated heterocycles. The summed E-state index contributed by atoms with van der Waals surface area (Å²) in [4.78, 5) is 10.6. The van der Waals surface area contributed by atoms with E-state index < -0.39 is 0 Å². The number of rotatable bonds is 6. The van der Waals surface area contributed by atoms with Crippen LogP contribution in [0.4, 0.5) is 5.95 Å². The molecule has 0 aliphatic heterocycles. The predicted octanol–water partition coefficient (Wildman–Crippen LogP) is 2.10. The summed E-state index contributed by atoms with van der Waals surface area (Å²) in [5, 5.41) is 0. The third-order valence-electron chi connectivity index (χ3n) is 1.98. The van der Waals surface area contributed by atoms with Crippen molar-refractivity contribution in [3.8, 4) is 0 Å². The molecule has 1 aromatic heterocycles. The molecule has 84 valence electrons. The Bertz CT molecular complexity index is 279. The number of anilines is 1. The van der Waals surface area contributed by atoms with Crippen molar-refractivity contribution in [2.24, 2.45) is 0 Å². The molecule has 0 atom stereocenters. The number of hydrogen-bond acceptors (Lipinski definition) is 4. The van der Waals surface area contributed by atoms with Gasteiger partial charge in [0.1, 0.15) is 0 Å². The zero-order valence-electron chi connectivity index (χ0n) is 9.11. The molecule has 0 aliphatic rings. The van der Waals surface area contributed by atoms with E-state index in [-0.39, 0.29) is 0 Å². The highest BCUT2D eigenvalue weighted by atomic mass is 79.9. The third kappa shape index (κ3) is 4.13. The van der Waals surface area contributed by atoms with E-state index in [1.165, 1.54) is 0 Å². The summed E-state index contributed by atoms with van der Waals surface area (Å²) in [6.07, 6.45) is 3.51. The summed E-state index contributed by atoms with van der Waals surface area (Å²) in [6.45, 7) is 7.24. The van der Waals surface area contributed by atoms with Crippen LogP contribution in [-0.4, -0.2) is 36.3 Å². The molecule has 4 nitrogen and oxygen atoms in total. The number of likely N-dealkylation sites (N-methyl/N-ethyl adjacent to an activating group) is 1. The van der Waals surface area contributed by atoms with Crippen molar-refractivity contribution in [1.82, 2.24) is 9.97 Å². The summed E-state index contributed by atoms with van der Waals surface area (Å²) < 4.78 is 6.20. The molecule has 5 heteroatoms. The summed E-state index contributed by atoms with van der Waals surface area (Å²) in [5.74, 6) is 0.750. The SMILES string of the molecule is CCOCCN(CC)c1ncc(Br)cn1. The summed E-state index contributed by atoms with van der Waals surface area (Å²) in [6, 6.07) is 0. The van der Waals surface area contributed by atoms with Gasteiger partial charge in [-0.15, -0.1) is 0 Å². The lowest BCUT2D eigenvalue weighted by Crippen LogP contribution is -2.28. The third-order valence-corrected chi connectivity index (χ3v) is 2.39. The highest BCUT2D eigenvalue weighted by Gasteiger charge is 2.06. The van der Waals surface area contributed by atoms with Gasteiger partial charge < -0.3 is 9.64 Å². The molecule has 0 aromatic carbocycles. The van der Waals surface area contributed by atoms with E-state index in [9.17, 15) is 0 Å². The van der Waals surface area contributed by atoms with Crippen LogP contribution in [0, 0.1) is 0 Å². The maximum Gasteiger partial charge on any atom is 0.225 e. The van der Waals surface area contributed by atoms with E-state index in [0.717, 1.165) is 30.1 Å². The molecule has 0 N–H and O–H groups in total. The molecule has 0 aliphatic carbocycles. The molecule has 0 saturated carbocycles. The minimum Gasteiger partial charge on any atom is -0.380 e. The summed E-state index contributed by atoms with van der Waals surface area (Å²) >= 11 is 3.31. The second-order valence-electron chi connectivity index (χ2n) is 2.98. The Morgan fingerprint density at radius 2 is 2.00 bits per heavy atom. The van der Waals surface area contributed by atoms with Crippen LogP contribution < -0.4 is 4.90 Å². The number of nitrogens with zero attached hydrogens (tertiary/aromatic N) is 3. The van der Waals surface area contributed by atoms with Crippen LogP contribution in [0.1, 0.15) is 13.8 Å². The maximum atomic E-state index is 5.30. The normalized spacial score (nSPS) is 10.3. The average Bonchev–Trinajstić information content (AvgIpc) is 2.26. The van der Waals surface area contributed by atoms with Crippen molar-refractivity contribution in [3.05, 3.63) is 16.9 Å². The van der Waals surface area contributed by atoms with Crippen LogP contribution in [0.2, 0.25) is 0 Å². The molecular weight excluding hydrogens is 258 g/mol. The molecule has 15 heavy (non-hydrogen) atoms. The van der Waals surface area contributed by atoms with Gasteiger partial charge in [-0.25, -0.2) is 9.97 Å². The molecule has 1 heterocycles. The van der Waals surface area contributed by atoms with E-state index in [1.54, 1.807) is 12.4 Å². The Morgan fingerprint density at radius 3 is 2.53 bits per heavy atom. The van der Waals surface area contributed by atoms with E-state index in [2.05, 4.69) is 37.7 Å². The largest absolute Gasteiger partial charge is 0.380 e. The number of halogens is 1. The topological polar surface area (TPSA) is 38.2 Å². The molecule has 1 rings (SSSR count). The van der Waals surface area contributed by atoms with Crippen LogP contribution >= 0.6 is 15.9 Å². The van der Waals surface area contributed by atoms with Crippen LogP contribution in [-0.2, 0) is 4.74 Å². The van der Waals surface area contributed by atoms with Gasteiger partial charge in [-0.1, -0.05) is 0 Å². The van der Waals surface area contributed by atoms with Gasteiger partial charge in [0.05, 0.1) is 11.1 Å². The molecular formula is C10H16BrN3O. The van der Waals surface area contributed by atoms with Crippen LogP contribution in [0.5, 0.6) is 0 Å². The van der Waals surface area contributed by atoms with Gasteiger partial charge >= 0.3 is 0 Å². The van der Waals surface area contributed by atoms with Crippen molar-refractivity contribution >= 4 is 21.9 Å². The van der Waals surface area contributed by atoms with Crippen LogP contribution in [0.15, 0.2) is 16.9 Å². The van der Waals surface area contributed by atoms with Gasteiger partial charge in [0, 0.05) is 32.1 Å². The quantitative estimate of drug-likeness (QED) is 0.745. The Balaban J connectivity index is 2.53. The highest BCUT2D eigenvalue weighted by molar-refractivity contribution is 9.10. The lowest BCUT2D eigenvalue weighted by Gasteiger charge is -2.20. The second-order valence-corrected chi connectivity index (χ2v) is 3.89. The first-order valence-electron chi connectivity index (χ1n) is 5.08. The van der Waals surface area contributed by atoms with E-state index in [4.69, 9.17) is 4.74 Å². The first-order chi connectivity index (χ1) is 7.27. The van der Waals surface area contributed by atoms with Gasteiger partial charge in [0.25, 0.3) is 0 Å². The van der Waals surface area contributed by atoms with Crippen molar-refractivity contribution in [2.45, 2.75) is 13.8 Å². The van der Waals surface area contributed by atoms with Gasteiger partial charge in [0.15, 0.2) is 0 Å². The molecule has 0 amide bonds. The number of aromatic nitrogens is 2. The van der Waals surface area contributed by atoms with Crippen molar-refractivity contribution in [3.63, 3.8) is 0 Å². The average molecular weight is 274 g/mol. The predicted molar refractivity (Wildman–Crippen MR) is 64.1 cm³/mol. The van der Waals surface area contributed by atoms with Crippen LogP contribution in [0.3, 0.4) is 0 Å². The molecule has 0 bridgehead atoms. The number of ether oxygens (including phenoxy) is 1. The Morgan fingerprint density at radius 1 is 1.33 bits per heavy atom. The Kier molecular flexibility index (Phi) is 5.57. The van der Waals surface area contributed by atoms with Gasteiger partial charge in [-0.05, 0) is 29.8 Å². The minimum atomic E-state index is 0.712. The fourth-order valence-electron chi connectivity index (χ4n) is 1.19. The van der Waals surface area contributed by atoms with Crippen molar-refractivity contribution in [2.75, 3.05) is 31.2 Å². The second kappa shape index (κ2) is 6.74. The molecule has 0 spiro atoms. The van der Waals surface area contributed by atoms with Gasteiger partial charge in [-0.2, -0.15) is 0 Å². The monoisotopic (exact) mass is 273 g/mol. The maximum absolute atomic E-state index is 5.30. The Hall–Kier alpha value is -0.680. The van der Waals surface area contributed by atoms with Gasteiger partial charge in [-0.3, -0.25) is 0 Å². The van der Waals surface area contributed by atoms with Crippen molar-refractivity contribution in [1.29, 1.82) is 0 Å². The van der Waals surface area contributed by atoms with E-state index in [0.29, 0.717) is 6.61 Å². The smallest absolute Gasteiger partial charge is 0.225 e. The fraction of sp³-hybridized carbons (Fsp3) is 0.600. The lowest BCUT2D eigenvalue weighted by atomic mass is 10.5. The fourth-order valence-corrected chi connectivity index (χ4v) is 1.39. The van der Waals surface area contributed by atoms with E-state index >= 15 is 0 Å². The molecule has 0 fully saturated rings. The summed E-state index contributed by atoms with van der Waals surface area (Å²) in [7, 11) is 0. The summed E-state index contributed by atoms with van der Waals surface area (Å²) in [5.41, 5.74) is 0. The standard InChI is InChI=1S/C10H16BrN3O/c1-3-14(5-6-15-4-2)10-12-7-9(11)8-13-10/h7-8H,3-6H2,1-2H3. The van der Waals surface area contributed by atoms with Crippen molar-refractivity contribution < 1.29 is 4.74 Å². The molecule has 0 radical (unpaired) electrons. The first-order valence-corrected chi connectivity index (χ1v) is 5.87. The first kappa shape index (κ1) is 12.4. The molecule has 1 aromatic rings. The number of hydrogen-bond donors (Lipinski definition) is 0. The van der Waals surface area contributed by atoms with E-state index in [1.807, 2.05) is 6.92 Å². The molecule has 0 unspecified atom stereocenters.